The number of aryl methyl sites for hydroxylation is 1. The van der Waals surface area contributed by atoms with Gasteiger partial charge in [-0.15, -0.1) is 0 Å². The standard InChI is InChI=1S/C10H18N4/c1-14-6-4-10-8(7-14)9(12-13-10)3-2-5-11/h2-7,11H2,1H3,(H,12,13). The van der Waals surface area contributed by atoms with Crippen LogP contribution in [0.5, 0.6) is 0 Å². The third-order valence-electron chi connectivity index (χ3n) is 2.83. The average Bonchev–Trinajstić information content (AvgIpc) is 2.57. The SMILES string of the molecule is CN1CCc2[nH]nc(CCCN)c2C1. The number of nitrogens with two attached hydrogens (primary N) is 1. The van der Waals surface area contributed by atoms with Crippen molar-refractivity contribution in [1.82, 2.24) is 15.1 Å². The highest BCUT2D eigenvalue weighted by Crippen LogP contribution is 2.19. The Morgan fingerprint density at radius 1 is 1.57 bits per heavy atom. The summed E-state index contributed by atoms with van der Waals surface area (Å²) in [6.45, 7) is 2.91. The van der Waals surface area contributed by atoms with Crippen LogP contribution in [0.2, 0.25) is 0 Å². The molecular formula is C10H18N4. The highest BCUT2D eigenvalue weighted by molar-refractivity contribution is 5.27. The van der Waals surface area contributed by atoms with Crippen LogP contribution in [0.4, 0.5) is 0 Å². The molecule has 1 aromatic rings. The van der Waals surface area contributed by atoms with E-state index in [9.17, 15) is 0 Å². The third-order valence-corrected chi connectivity index (χ3v) is 2.83. The zero-order valence-corrected chi connectivity index (χ0v) is 8.71. The minimum absolute atomic E-state index is 0.747. The molecule has 2 rings (SSSR count). The van der Waals surface area contributed by atoms with Crippen molar-refractivity contribution >= 4 is 0 Å². The van der Waals surface area contributed by atoms with E-state index in [1.807, 2.05) is 0 Å². The van der Waals surface area contributed by atoms with E-state index in [4.69, 9.17) is 5.73 Å². The van der Waals surface area contributed by atoms with E-state index in [2.05, 4.69) is 22.1 Å². The molecule has 0 unspecified atom stereocenters. The number of hydrogen-bond acceptors (Lipinski definition) is 3. The summed E-state index contributed by atoms with van der Waals surface area (Å²) in [5.41, 5.74) is 9.46. The van der Waals surface area contributed by atoms with Gasteiger partial charge in [-0.25, -0.2) is 0 Å². The Balaban J connectivity index is 2.13. The molecule has 78 valence electrons. The van der Waals surface area contributed by atoms with Crippen LogP contribution in [-0.4, -0.2) is 35.2 Å². The first kappa shape index (κ1) is 9.68. The van der Waals surface area contributed by atoms with Gasteiger partial charge in [-0.05, 0) is 26.4 Å². The van der Waals surface area contributed by atoms with E-state index in [1.54, 1.807) is 0 Å². The minimum Gasteiger partial charge on any atom is -0.330 e. The van der Waals surface area contributed by atoms with Crippen LogP contribution in [0.25, 0.3) is 0 Å². The molecule has 0 atom stereocenters. The quantitative estimate of drug-likeness (QED) is 0.727. The maximum atomic E-state index is 5.50. The second kappa shape index (κ2) is 4.11. The molecule has 0 saturated heterocycles. The second-order valence-corrected chi connectivity index (χ2v) is 4.01. The summed E-state index contributed by atoms with van der Waals surface area (Å²) in [6.07, 6.45) is 3.14. The largest absolute Gasteiger partial charge is 0.330 e. The lowest BCUT2D eigenvalue weighted by Crippen LogP contribution is -2.26. The molecule has 0 bridgehead atoms. The molecular weight excluding hydrogens is 176 g/mol. The molecule has 0 aliphatic carbocycles. The van der Waals surface area contributed by atoms with E-state index >= 15 is 0 Å². The first-order chi connectivity index (χ1) is 6.81. The minimum atomic E-state index is 0.747. The Hall–Kier alpha value is -0.870. The molecule has 3 N–H and O–H groups in total. The zero-order valence-electron chi connectivity index (χ0n) is 8.71. The van der Waals surface area contributed by atoms with Gasteiger partial charge in [0.2, 0.25) is 0 Å². The highest BCUT2D eigenvalue weighted by Gasteiger charge is 2.18. The van der Waals surface area contributed by atoms with Gasteiger partial charge >= 0.3 is 0 Å². The molecule has 0 saturated carbocycles. The number of nitrogens with one attached hydrogen (secondary N) is 1. The van der Waals surface area contributed by atoms with Crippen LogP contribution in [0.1, 0.15) is 23.4 Å². The summed E-state index contributed by atoms with van der Waals surface area (Å²) in [4.78, 5) is 2.34. The maximum absolute atomic E-state index is 5.50. The highest BCUT2D eigenvalue weighted by atomic mass is 15.2. The fraction of sp³-hybridized carbons (Fsp3) is 0.700. The number of likely N-dealkylation sites (N-methyl/N-ethyl adjacent to an activating group) is 1. The van der Waals surface area contributed by atoms with E-state index < -0.39 is 0 Å². The Labute approximate surface area is 84.5 Å². The van der Waals surface area contributed by atoms with Crippen molar-refractivity contribution in [2.45, 2.75) is 25.8 Å². The molecule has 1 aliphatic rings. The van der Waals surface area contributed by atoms with Crippen LogP contribution in [0.3, 0.4) is 0 Å². The topological polar surface area (TPSA) is 57.9 Å². The average molecular weight is 194 g/mol. The number of nitrogens with zero attached hydrogens (tertiary/aromatic N) is 2. The van der Waals surface area contributed by atoms with Crippen molar-refractivity contribution in [2.24, 2.45) is 5.73 Å². The molecule has 2 heterocycles. The van der Waals surface area contributed by atoms with Crippen molar-refractivity contribution in [1.29, 1.82) is 0 Å². The van der Waals surface area contributed by atoms with Crippen molar-refractivity contribution in [2.75, 3.05) is 20.1 Å². The Bertz CT molecular complexity index is 305. The van der Waals surface area contributed by atoms with Crippen molar-refractivity contribution in [3.8, 4) is 0 Å². The molecule has 0 aromatic carbocycles. The number of fused-ring (bicyclic) bond motifs is 1. The van der Waals surface area contributed by atoms with Crippen LogP contribution in [-0.2, 0) is 19.4 Å². The fourth-order valence-corrected chi connectivity index (χ4v) is 1.97. The third kappa shape index (κ3) is 1.81. The van der Waals surface area contributed by atoms with Gasteiger partial charge in [-0.2, -0.15) is 5.10 Å². The molecule has 0 amide bonds. The maximum Gasteiger partial charge on any atom is 0.0670 e. The summed E-state index contributed by atoms with van der Waals surface area (Å²) in [7, 11) is 2.16. The lowest BCUT2D eigenvalue weighted by atomic mass is 10.0. The van der Waals surface area contributed by atoms with Gasteiger partial charge in [0.1, 0.15) is 0 Å². The van der Waals surface area contributed by atoms with Gasteiger partial charge in [0.15, 0.2) is 0 Å². The first-order valence-corrected chi connectivity index (χ1v) is 5.25. The van der Waals surface area contributed by atoms with Crippen molar-refractivity contribution in [3.63, 3.8) is 0 Å². The zero-order chi connectivity index (χ0) is 9.97. The van der Waals surface area contributed by atoms with E-state index in [0.717, 1.165) is 38.9 Å². The Kier molecular flexibility index (Phi) is 2.84. The predicted octanol–water partition coefficient (Wildman–Crippen LogP) is 0.289. The van der Waals surface area contributed by atoms with Crippen molar-refractivity contribution in [3.05, 3.63) is 17.0 Å². The molecule has 0 radical (unpaired) electrons. The second-order valence-electron chi connectivity index (χ2n) is 4.01. The number of H-pyrrole nitrogens is 1. The monoisotopic (exact) mass is 194 g/mol. The normalized spacial score (nSPS) is 17.0. The molecule has 0 spiro atoms. The summed E-state index contributed by atoms with van der Waals surface area (Å²) in [5, 5.41) is 7.50. The summed E-state index contributed by atoms with van der Waals surface area (Å²) in [5.74, 6) is 0. The van der Waals surface area contributed by atoms with Crippen LogP contribution in [0, 0.1) is 0 Å². The fourth-order valence-electron chi connectivity index (χ4n) is 1.97. The van der Waals surface area contributed by atoms with E-state index in [-0.39, 0.29) is 0 Å². The van der Waals surface area contributed by atoms with Gasteiger partial charge in [0.25, 0.3) is 0 Å². The molecule has 1 aliphatic heterocycles. The number of hydrogen-bond donors (Lipinski definition) is 2. The van der Waals surface area contributed by atoms with Gasteiger partial charge in [-0.1, -0.05) is 0 Å². The molecule has 4 nitrogen and oxygen atoms in total. The van der Waals surface area contributed by atoms with Crippen molar-refractivity contribution < 1.29 is 0 Å². The van der Waals surface area contributed by atoms with Crippen LogP contribution in [0.15, 0.2) is 0 Å². The summed E-state index contributed by atoms with van der Waals surface area (Å²) < 4.78 is 0. The Morgan fingerprint density at radius 2 is 2.43 bits per heavy atom. The lowest BCUT2D eigenvalue weighted by Gasteiger charge is -2.22. The first-order valence-electron chi connectivity index (χ1n) is 5.25. The number of rotatable bonds is 3. The summed E-state index contributed by atoms with van der Waals surface area (Å²) in [6, 6.07) is 0. The molecule has 1 aromatic heterocycles. The predicted molar refractivity (Wildman–Crippen MR) is 56.0 cm³/mol. The van der Waals surface area contributed by atoms with Gasteiger partial charge in [-0.3, -0.25) is 5.10 Å². The lowest BCUT2D eigenvalue weighted by molar-refractivity contribution is 0.310. The van der Waals surface area contributed by atoms with Gasteiger partial charge in [0.05, 0.1) is 5.69 Å². The summed E-state index contributed by atoms with van der Waals surface area (Å²) >= 11 is 0. The van der Waals surface area contributed by atoms with E-state index in [1.165, 1.54) is 17.0 Å². The van der Waals surface area contributed by atoms with Crippen LogP contribution >= 0.6 is 0 Å². The van der Waals surface area contributed by atoms with Crippen LogP contribution < -0.4 is 5.73 Å². The molecule has 14 heavy (non-hydrogen) atoms. The van der Waals surface area contributed by atoms with Gasteiger partial charge < -0.3 is 10.6 Å². The molecule has 0 fully saturated rings. The van der Waals surface area contributed by atoms with Gasteiger partial charge in [0, 0.05) is 30.8 Å². The smallest absolute Gasteiger partial charge is 0.0670 e. The van der Waals surface area contributed by atoms with E-state index in [0.29, 0.717) is 0 Å². The number of aromatic nitrogens is 2. The Morgan fingerprint density at radius 3 is 3.21 bits per heavy atom. The number of aromatic amines is 1. The molecule has 4 heteroatoms.